The topological polar surface area (TPSA) is 98.7 Å². The molecule has 1 saturated heterocycles. The summed E-state index contributed by atoms with van der Waals surface area (Å²) in [6, 6.07) is 6.43. The number of likely N-dealkylation sites (tertiary alicyclic amines) is 1. The number of carboxylic acid groups (broad SMARTS) is 1. The van der Waals surface area contributed by atoms with Crippen LogP contribution in [0, 0.1) is 12.8 Å². The Bertz CT molecular complexity index is 677. The molecule has 3 amide bonds. The lowest BCUT2D eigenvalue weighted by Gasteiger charge is -2.32. The maximum absolute atomic E-state index is 12.5. The molecule has 0 bridgehead atoms. The molecule has 2 rings (SSSR count). The molecule has 1 aromatic carbocycles. The number of nitrogens with zero attached hydrogens (tertiary/aromatic N) is 1. The van der Waals surface area contributed by atoms with Crippen LogP contribution in [0.3, 0.4) is 0 Å². The Morgan fingerprint density at radius 2 is 2.11 bits per heavy atom. The van der Waals surface area contributed by atoms with Crippen molar-refractivity contribution in [2.45, 2.75) is 52.0 Å². The van der Waals surface area contributed by atoms with Crippen molar-refractivity contribution < 1.29 is 19.5 Å². The van der Waals surface area contributed by atoms with Gasteiger partial charge in [0.2, 0.25) is 5.91 Å². The Balaban J connectivity index is 1.92. The number of carbonyl (C=O) groups excluding carboxylic acids is 2. The fraction of sp³-hybridized carbons (Fsp3) is 0.550. The number of hydrogen-bond acceptors (Lipinski definition) is 3. The van der Waals surface area contributed by atoms with Crippen LogP contribution in [0.25, 0.3) is 0 Å². The zero-order valence-corrected chi connectivity index (χ0v) is 16.0. The Kier molecular flexibility index (Phi) is 7.64. The smallest absolute Gasteiger partial charge is 0.326 e. The lowest BCUT2D eigenvalue weighted by atomic mass is 9.96. The van der Waals surface area contributed by atoms with Crippen molar-refractivity contribution in [1.82, 2.24) is 10.2 Å². The van der Waals surface area contributed by atoms with Gasteiger partial charge >= 0.3 is 12.0 Å². The average Bonchev–Trinajstić information content (AvgIpc) is 2.64. The number of aryl methyl sites for hydroxylation is 1. The van der Waals surface area contributed by atoms with Crippen LogP contribution >= 0.6 is 0 Å². The highest BCUT2D eigenvalue weighted by atomic mass is 16.4. The van der Waals surface area contributed by atoms with E-state index in [1.165, 1.54) is 0 Å². The lowest BCUT2D eigenvalue weighted by molar-refractivity contribution is -0.143. The van der Waals surface area contributed by atoms with Gasteiger partial charge in [-0.25, -0.2) is 9.59 Å². The normalized spacial score (nSPS) is 17.9. The molecule has 0 radical (unpaired) electrons. The standard InChI is InChI=1S/C20H29N3O4/c1-3-4-10-17(19(25)26)22-18(24)15-8-6-11-23(13-15)20(27)21-16-9-5-7-14(2)12-16/h5,7,9,12,15,17H,3-4,6,8,10-11,13H2,1-2H3,(H,21,27)(H,22,24)(H,25,26)/t15?,17-/m0/s1. The van der Waals surface area contributed by atoms with Crippen LogP contribution in [0.5, 0.6) is 0 Å². The molecule has 0 aliphatic carbocycles. The number of anilines is 1. The molecule has 1 unspecified atom stereocenters. The van der Waals surface area contributed by atoms with Crippen LogP contribution in [-0.2, 0) is 9.59 Å². The third kappa shape index (κ3) is 6.27. The predicted octanol–water partition coefficient (Wildman–Crippen LogP) is 3.00. The van der Waals surface area contributed by atoms with Gasteiger partial charge in [0.15, 0.2) is 0 Å². The van der Waals surface area contributed by atoms with Crippen LogP contribution < -0.4 is 10.6 Å². The third-order valence-electron chi connectivity index (χ3n) is 4.81. The minimum absolute atomic E-state index is 0.237. The lowest BCUT2D eigenvalue weighted by Crippen LogP contribution is -2.50. The molecule has 1 fully saturated rings. The van der Waals surface area contributed by atoms with Crippen molar-refractivity contribution in [1.29, 1.82) is 0 Å². The van der Waals surface area contributed by atoms with Crippen LogP contribution in [0.4, 0.5) is 10.5 Å². The van der Waals surface area contributed by atoms with Crippen LogP contribution in [0.2, 0.25) is 0 Å². The summed E-state index contributed by atoms with van der Waals surface area (Å²) in [5.74, 6) is -1.68. The van der Waals surface area contributed by atoms with Crippen LogP contribution in [-0.4, -0.2) is 47.0 Å². The number of urea groups is 1. The zero-order valence-electron chi connectivity index (χ0n) is 16.0. The van der Waals surface area contributed by atoms with Gasteiger partial charge in [-0.2, -0.15) is 0 Å². The number of hydrogen-bond donors (Lipinski definition) is 3. The minimum atomic E-state index is -1.01. The van der Waals surface area contributed by atoms with E-state index in [1.807, 2.05) is 38.1 Å². The summed E-state index contributed by atoms with van der Waals surface area (Å²) in [5, 5.41) is 14.8. The monoisotopic (exact) mass is 375 g/mol. The summed E-state index contributed by atoms with van der Waals surface area (Å²) in [6.45, 7) is 4.81. The van der Waals surface area contributed by atoms with E-state index in [1.54, 1.807) is 4.90 Å². The number of benzene rings is 1. The average molecular weight is 375 g/mol. The minimum Gasteiger partial charge on any atom is -0.480 e. The first-order valence-corrected chi connectivity index (χ1v) is 9.56. The van der Waals surface area contributed by atoms with Crippen LogP contribution in [0.15, 0.2) is 24.3 Å². The molecule has 148 valence electrons. The molecule has 1 aromatic rings. The van der Waals surface area contributed by atoms with E-state index in [0.717, 1.165) is 24.1 Å². The SMILES string of the molecule is CCCC[C@H](NC(=O)C1CCCN(C(=O)Nc2cccc(C)c2)C1)C(=O)O. The van der Waals surface area contributed by atoms with Crippen LogP contribution in [0.1, 0.15) is 44.6 Å². The Labute approximate surface area is 160 Å². The first kappa shape index (κ1) is 20.7. The number of amides is 3. The van der Waals surface area contributed by atoms with Crippen molar-refractivity contribution in [3.8, 4) is 0 Å². The van der Waals surface area contributed by atoms with Gasteiger partial charge in [-0.1, -0.05) is 31.9 Å². The maximum Gasteiger partial charge on any atom is 0.326 e. The predicted molar refractivity (Wildman–Crippen MR) is 104 cm³/mol. The zero-order chi connectivity index (χ0) is 19.8. The van der Waals surface area contributed by atoms with Gasteiger partial charge in [0.1, 0.15) is 6.04 Å². The second-order valence-electron chi connectivity index (χ2n) is 7.13. The molecule has 1 aliphatic rings. The summed E-state index contributed by atoms with van der Waals surface area (Å²) in [5.41, 5.74) is 1.77. The molecule has 7 nitrogen and oxygen atoms in total. The van der Waals surface area contributed by atoms with E-state index < -0.39 is 12.0 Å². The maximum atomic E-state index is 12.5. The molecule has 0 aromatic heterocycles. The molecule has 2 atom stereocenters. The van der Waals surface area contributed by atoms with Gasteiger partial charge in [0.25, 0.3) is 0 Å². The fourth-order valence-electron chi connectivity index (χ4n) is 3.26. The molecule has 7 heteroatoms. The summed E-state index contributed by atoms with van der Waals surface area (Å²) in [6.07, 6.45) is 3.40. The van der Waals surface area contributed by atoms with E-state index in [2.05, 4.69) is 10.6 Å². The van der Waals surface area contributed by atoms with Crippen molar-refractivity contribution in [2.75, 3.05) is 18.4 Å². The summed E-state index contributed by atoms with van der Waals surface area (Å²) in [7, 11) is 0. The molecule has 0 saturated carbocycles. The number of rotatable bonds is 7. The van der Waals surface area contributed by atoms with E-state index in [-0.39, 0.29) is 17.9 Å². The van der Waals surface area contributed by atoms with Gasteiger partial charge in [-0.15, -0.1) is 0 Å². The van der Waals surface area contributed by atoms with E-state index in [9.17, 15) is 19.5 Å². The van der Waals surface area contributed by atoms with Gasteiger partial charge in [-0.3, -0.25) is 4.79 Å². The van der Waals surface area contributed by atoms with Gasteiger partial charge < -0.3 is 20.6 Å². The van der Waals surface area contributed by atoms with E-state index in [0.29, 0.717) is 32.4 Å². The van der Waals surface area contributed by atoms with E-state index >= 15 is 0 Å². The number of piperidine rings is 1. The molecular formula is C20H29N3O4. The summed E-state index contributed by atoms with van der Waals surface area (Å²) in [4.78, 5) is 38.0. The number of nitrogens with one attached hydrogen (secondary N) is 2. The molecule has 0 spiro atoms. The van der Waals surface area contributed by atoms with Gasteiger partial charge in [-0.05, 0) is 43.9 Å². The molecule has 1 heterocycles. The van der Waals surface area contributed by atoms with Crippen molar-refractivity contribution >= 4 is 23.6 Å². The Morgan fingerprint density at radius 3 is 2.78 bits per heavy atom. The summed E-state index contributed by atoms with van der Waals surface area (Å²) < 4.78 is 0. The number of carbonyl (C=O) groups is 3. The highest BCUT2D eigenvalue weighted by Crippen LogP contribution is 2.19. The summed E-state index contributed by atoms with van der Waals surface area (Å²) >= 11 is 0. The molecular weight excluding hydrogens is 346 g/mol. The number of carboxylic acids is 1. The Hall–Kier alpha value is -2.57. The fourth-order valence-corrected chi connectivity index (χ4v) is 3.26. The molecule has 27 heavy (non-hydrogen) atoms. The quantitative estimate of drug-likeness (QED) is 0.682. The van der Waals surface area contributed by atoms with Gasteiger partial charge in [0.05, 0.1) is 5.92 Å². The van der Waals surface area contributed by atoms with Crippen molar-refractivity contribution in [3.05, 3.63) is 29.8 Å². The number of aliphatic carboxylic acids is 1. The second kappa shape index (κ2) is 9.94. The largest absolute Gasteiger partial charge is 0.480 e. The van der Waals surface area contributed by atoms with E-state index in [4.69, 9.17) is 0 Å². The molecule has 1 aliphatic heterocycles. The first-order valence-electron chi connectivity index (χ1n) is 9.56. The Morgan fingerprint density at radius 1 is 1.33 bits per heavy atom. The third-order valence-corrected chi connectivity index (χ3v) is 4.81. The number of unbranched alkanes of at least 4 members (excludes halogenated alkanes) is 1. The second-order valence-corrected chi connectivity index (χ2v) is 7.13. The van der Waals surface area contributed by atoms with Crippen molar-refractivity contribution in [2.24, 2.45) is 5.92 Å². The first-order chi connectivity index (χ1) is 12.9. The van der Waals surface area contributed by atoms with Crippen molar-refractivity contribution in [3.63, 3.8) is 0 Å². The highest BCUT2D eigenvalue weighted by Gasteiger charge is 2.30. The van der Waals surface area contributed by atoms with Gasteiger partial charge in [0, 0.05) is 18.8 Å². The highest BCUT2D eigenvalue weighted by molar-refractivity contribution is 5.90. The molecule has 3 N–H and O–H groups in total.